The van der Waals surface area contributed by atoms with E-state index in [4.69, 9.17) is 9.84 Å². The minimum atomic E-state index is -0.0141. The highest BCUT2D eigenvalue weighted by molar-refractivity contribution is 7.15. The number of aliphatic hydroxyl groups excluding tert-OH is 1. The summed E-state index contributed by atoms with van der Waals surface area (Å²) in [5.41, 5.74) is 1.01. The van der Waals surface area contributed by atoms with Gasteiger partial charge in [-0.05, 0) is 12.1 Å². The van der Waals surface area contributed by atoms with E-state index >= 15 is 0 Å². The van der Waals surface area contributed by atoms with E-state index in [9.17, 15) is 0 Å². The van der Waals surface area contributed by atoms with Crippen molar-refractivity contribution in [2.24, 2.45) is 0 Å². The Morgan fingerprint density at radius 3 is 2.87 bits per heavy atom. The Bertz CT molecular complexity index is 453. The molecule has 1 aromatic carbocycles. The van der Waals surface area contributed by atoms with Crippen LogP contribution in [0.5, 0.6) is 5.75 Å². The molecule has 0 unspecified atom stereocenters. The second-order valence-electron chi connectivity index (χ2n) is 2.98. The Morgan fingerprint density at radius 1 is 1.40 bits per heavy atom. The third kappa shape index (κ3) is 2.00. The zero-order chi connectivity index (χ0) is 10.7. The Balaban J connectivity index is 2.44. The van der Waals surface area contributed by atoms with Crippen molar-refractivity contribution in [2.45, 2.75) is 6.61 Å². The zero-order valence-electron chi connectivity index (χ0n) is 8.30. The van der Waals surface area contributed by atoms with E-state index in [0.29, 0.717) is 0 Å². The van der Waals surface area contributed by atoms with E-state index in [0.717, 1.165) is 21.2 Å². The lowest BCUT2D eigenvalue weighted by molar-refractivity contribution is 0.281. The fourth-order valence-electron chi connectivity index (χ4n) is 1.36. The molecule has 0 saturated heterocycles. The van der Waals surface area contributed by atoms with Crippen molar-refractivity contribution in [1.29, 1.82) is 0 Å². The highest BCUT2D eigenvalue weighted by Gasteiger charge is 2.08. The van der Waals surface area contributed by atoms with Gasteiger partial charge >= 0.3 is 0 Å². The zero-order valence-corrected chi connectivity index (χ0v) is 9.12. The highest BCUT2D eigenvalue weighted by Crippen LogP contribution is 2.33. The number of benzene rings is 1. The van der Waals surface area contributed by atoms with Gasteiger partial charge in [0.15, 0.2) is 0 Å². The summed E-state index contributed by atoms with van der Waals surface area (Å²) in [4.78, 5) is 5.11. The fourth-order valence-corrected chi connectivity index (χ4v) is 2.16. The molecule has 0 aliphatic carbocycles. The molecule has 0 amide bonds. The summed E-state index contributed by atoms with van der Waals surface area (Å²) in [6.07, 6.45) is 1.76. The lowest BCUT2D eigenvalue weighted by Crippen LogP contribution is -1.84. The SMILES string of the molecule is COc1ccccc1-c1cnc(CO)s1. The van der Waals surface area contributed by atoms with E-state index < -0.39 is 0 Å². The monoisotopic (exact) mass is 221 g/mol. The molecule has 0 aliphatic heterocycles. The summed E-state index contributed by atoms with van der Waals surface area (Å²) in [6, 6.07) is 7.77. The summed E-state index contributed by atoms with van der Waals surface area (Å²) in [5.74, 6) is 0.825. The summed E-state index contributed by atoms with van der Waals surface area (Å²) in [5, 5.41) is 9.66. The molecule has 0 bridgehead atoms. The fraction of sp³-hybridized carbons (Fsp3) is 0.182. The van der Waals surface area contributed by atoms with Crippen LogP contribution in [-0.2, 0) is 6.61 Å². The van der Waals surface area contributed by atoms with Crippen molar-refractivity contribution >= 4 is 11.3 Å². The van der Waals surface area contributed by atoms with Gasteiger partial charge in [0, 0.05) is 11.8 Å². The molecular weight excluding hydrogens is 210 g/mol. The summed E-state index contributed by atoms with van der Waals surface area (Å²) < 4.78 is 5.26. The van der Waals surface area contributed by atoms with Crippen LogP contribution in [0.3, 0.4) is 0 Å². The van der Waals surface area contributed by atoms with Gasteiger partial charge in [-0.15, -0.1) is 11.3 Å². The molecule has 78 valence electrons. The topological polar surface area (TPSA) is 42.4 Å². The maximum Gasteiger partial charge on any atom is 0.127 e. The molecule has 3 nitrogen and oxygen atoms in total. The molecule has 0 atom stereocenters. The van der Waals surface area contributed by atoms with E-state index in [2.05, 4.69) is 4.98 Å². The number of aromatic nitrogens is 1. The third-order valence-corrected chi connectivity index (χ3v) is 3.08. The number of aliphatic hydroxyl groups is 1. The number of nitrogens with zero attached hydrogens (tertiary/aromatic N) is 1. The van der Waals surface area contributed by atoms with Crippen LogP contribution in [0.25, 0.3) is 10.4 Å². The van der Waals surface area contributed by atoms with E-state index in [1.54, 1.807) is 13.3 Å². The quantitative estimate of drug-likeness (QED) is 0.864. The molecule has 0 spiro atoms. The summed E-state index contributed by atoms with van der Waals surface area (Å²) in [7, 11) is 1.65. The lowest BCUT2D eigenvalue weighted by atomic mass is 10.2. The number of ether oxygens (including phenoxy) is 1. The van der Waals surface area contributed by atoms with Gasteiger partial charge in [0.2, 0.25) is 0 Å². The van der Waals surface area contributed by atoms with Crippen LogP contribution in [0.2, 0.25) is 0 Å². The van der Waals surface area contributed by atoms with Crippen LogP contribution in [0, 0.1) is 0 Å². The van der Waals surface area contributed by atoms with Crippen molar-refractivity contribution in [1.82, 2.24) is 4.98 Å². The number of hydrogen-bond acceptors (Lipinski definition) is 4. The van der Waals surface area contributed by atoms with E-state index in [-0.39, 0.29) is 6.61 Å². The predicted octanol–water partition coefficient (Wildman–Crippen LogP) is 2.31. The van der Waals surface area contributed by atoms with E-state index in [1.807, 2.05) is 24.3 Å². The van der Waals surface area contributed by atoms with Crippen molar-refractivity contribution in [2.75, 3.05) is 7.11 Å². The van der Waals surface area contributed by atoms with Gasteiger partial charge < -0.3 is 9.84 Å². The first-order valence-corrected chi connectivity index (χ1v) is 5.35. The van der Waals surface area contributed by atoms with Crippen LogP contribution in [0.15, 0.2) is 30.5 Å². The average Bonchev–Trinajstić information content (AvgIpc) is 2.77. The van der Waals surface area contributed by atoms with E-state index in [1.165, 1.54) is 11.3 Å². The van der Waals surface area contributed by atoms with Crippen molar-refractivity contribution in [3.05, 3.63) is 35.5 Å². The molecule has 2 rings (SSSR count). The third-order valence-electron chi connectivity index (χ3n) is 2.06. The maximum absolute atomic E-state index is 8.94. The summed E-state index contributed by atoms with van der Waals surface area (Å²) >= 11 is 1.47. The Labute approximate surface area is 92.0 Å². The van der Waals surface area contributed by atoms with Gasteiger partial charge in [-0.1, -0.05) is 12.1 Å². The molecule has 2 aromatic rings. The van der Waals surface area contributed by atoms with Crippen molar-refractivity contribution in [3.63, 3.8) is 0 Å². The first-order valence-electron chi connectivity index (χ1n) is 4.54. The molecule has 1 heterocycles. The first kappa shape index (κ1) is 10.1. The van der Waals surface area contributed by atoms with Crippen LogP contribution in [-0.4, -0.2) is 17.2 Å². The Morgan fingerprint density at radius 2 is 2.20 bits per heavy atom. The predicted molar refractivity (Wildman–Crippen MR) is 60.0 cm³/mol. The van der Waals surface area contributed by atoms with Crippen molar-refractivity contribution < 1.29 is 9.84 Å². The van der Waals surface area contributed by atoms with Crippen LogP contribution < -0.4 is 4.74 Å². The number of para-hydroxylation sites is 1. The van der Waals surface area contributed by atoms with Crippen LogP contribution in [0.1, 0.15) is 5.01 Å². The normalized spacial score (nSPS) is 10.3. The standard InChI is InChI=1S/C11H11NO2S/c1-14-9-5-3-2-4-8(9)10-6-12-11(7-13)15-10/h2-6,13H,7H2,1H3. The lowest BCUT2D eigenvalue weighted by Gasteiger charge is -2.04. The van der Waals surface area contributed by atoms with Crippen LogP contribution >= 0.6 is 11.3 Å². The first-order chi connectivity index (χ1) is 7.35. The molecular formula is C11H11NO2S. The van der Waals surface area contributed by atoms with Crippen molar-refractivity contribution in [3.8, 4) is 16.2 Å². The number of rotatable bonds is 3. The Hall–Kier alpha value is -1.39. The molecule has 4 heteroatoms. The molecule has 1 aromatic heterocycles. The smallest absolute Gasteiger partial charge is 0.127 e. The van der Waals surface area contributed by atoms with Gasteiger partial charge in [-0.2, -0.15) is 0 Å². The van der Waals surface area contributed by atoms with Gasteiger partial charge in [0.05, 0.1) is 18.6 Å². The number of methoxy groups -OCH3 is 1. The highest BCUT2D eigenvalue weighted by atomic mass is 32.1. The molecule has 0 aliphatic rings. The minimum absolute atomic E-state index is 0.0141. The molecule has 15 heavy (non-hydrogen) atoms. The average molecular weight is 221 g/mol. The Kier molecular flexibility index (Phi) is 2.99. The molecule has 0 saturated carbocycles. The molecule has 0 fully saturated rings. The number of hydrogen-bond donors (Lipinski definition) is 1. The summed E-state index contributed by atoms with van der Waals surface area (Å²) in [6.45, 7) is -0.0141. The van der Waals surface area contributed by atoms with Gasteiger partial charge in [0.1, 0.15) is 10.8 Å². The second-order valence-corrected chi connectivity index (χ2v) is 4.09. The van der Waals surface area contributed by atoms with Gasteiger partial charge in [-0.3, -0.25) is 0 Å². The molecule has 1 N–H and O–H groups in total. The van der Waals surface area contributed by atoms with Gasteiger partial charge in [0.25, 0.3) is 0 Å². The largest absolute Gasteiger partial charge is 0.496 e. The molecule has 0 radical (unpaired) electrons. The maximum atomic E-state index is 8.94. The van der Waals surface area contributed by atoms with Gasteiger partial charge in [-0.25, -0.2) is 4.98 Å². The second kappa shape index (κ2) is 4.42. The number of thiazole rings is 1. The van der Waals surface area contributed by atoms with Crippen LogP contribution in [0.4, 0.5) is 0 Å². The minimum Gasteiger partial charge on any atom is -0.496 e.